The Morgan fingerprint density at radius 3 is 2.28 bits per heavy atom. The maximum atomic E-state index is 12.0. The van der Waals surface area contributed by atoms with Crippen LogP contribution in [0.5, 0.6) is 5.75 Å². The summed E-state index contributed by atoms with van der Waals surface area (Å²) in [7, 11) is 1.54. The monoisotopic (exact) mass is 338 g/mol. The van der Waals surface area contributed by atoms with Crippen molar-refractivity contribution in [1.29, 1.82) is 0 Å². The van der Waals surface area contributed by atoms with Crippen LogP contribution in [0.3, 0.4) is 0 Å². The van der Waals surface area contributed by atoms with Gasteiger partial charge in [0.15, 0.2) is 12.4 Å². The summed E-state index contributed by atoms with van der Waals surface area (Å²) in [4.78, 5) is 24.1. The Hall–Kier alpha value is -3.55. The van der Waals surface area contributed by atoms with Gasteiger partial charge in [0, 0.05) is 5.56 Å². The largest absolute Gasteiger partial charge is 0.497 e. The molecule has 126 valence electrons. The van der Waals surface area contributed by atoms with Crippen molar-refractivity contribution >= 4 is 11.8 Å². The lowest BCUT2D eigenvalue weighted by Gasteiger charge is -2.06. The first kappa shape index (κ1) is 16.3. The van der Waals surface area contributed by atoms with Crippen molar-refractivity contribution in [3.05, 3.63) is 66.0 Å². The second kappa shape index (κ2) is 7.35. The zero-order valence-electron chi connectivity index (χ0n) is 13.3. The number of esters is 1. The van der Waals surface area contributed by atoms with Gasteiger partial charge in [-0.05, 0) is 59.0 Å². The second-order valence-corrected chi connectivity index (χ2v) is 5.03. The number of Topliss-reactive ketones (excluding diaryl/α,β-unsaturated/α-hetero) is 1. The van der Waals surface area contributed by atoms with Gasteiger partial charge in [-0.15, -0.1) is 5.10 Å². The van der Waals surface area contributed by atoms with Crippen molar-refractivity contribution in [3.8, 4) is 11.4 Å². The highest BCUT2D eigenvalue weighted by Gasteiger charge is 2.12. The number of methoxy groups -OCH3 is 1. The van der Waals surface area contributed by atoms with Gasteiger partial charge in [0.2, 0.25) is 0 Å². The number of carbonyl (C=O) groups excluding carboxylic acids is 2. The van der Waals surface area contributed by atoms with Crippen molar-refractivity contribution in [3.63, 3.8) is 0 Å². The van der Waals surface area contributed by atoms with Gasteiger partial charge in [0.25, 0.3) is 0 Å². The van der Waals surface area contributed by atoms with Gasteiger partial charge in [-0.25, -0.2) is 9.48 Å². The zero-order chi connectivity index (χ0) is 17.6. The quantitative estimate of drug-likeness (QED) is 0.498. The Balaban J connectivity index is 1.59. The third-order valence-electron chi connectivity index (χ3n) is 3.46. The molecule has 3 rings (SSSR count). The molecule has 0 amide bonds. The molecule has 0 bridgehead atoms. The molecule has 1 heterocycles. The smallest absolute Gasteiger partial charge is 0.338 e. The summed E-state index contributed by atoms with van der Waals surface area (Å²) in [6, 6.07) is 13.1. The maximum absolute atomic E-state index is 12.0. The Bertz CT molecular complexity index is 859. The molecule has 2 aromatic carbocycles. The molecule has 0 saturated carbocycles. The molecule has 0 unspecified atom stereocenters. The van der Waals surface area contributed by atoms with E-state index < -0.39 is 5.97 Å². The number of aromatic nitrogens is 4. The average Bonchev–Trinajstić information content (AvgIpc) is 3.21. The van der Waals surface area contributed by atoms with Crippen molar-refractivity contribution in [2.45, 2.75) is 0 Å². The Labute approximate surface area is 143 Å². The van der Waals surface area contributed by atoms with Crippen LogP contribution in [-0.4, -0.2) is 45.7 Å². The van der Waals surface area contributed by atoms with Crippen LogP contribution in [0.1, 0.15) is 20.7 Å². The molecular formula is C17H14N4O4. The first-order valence-corrected chi connectivity index (χ1v) is 7.35. The predicted octanol–water partition coefficient (Wildman–Crippen LogP) is 1.71. The minimum absolute atomic E-state index is 0.290. The topological polar surface area (TPSA) is 96.2 Å². The van der Waals surface area contributed by atoms with Gasteiger partial charge in [-0.3, -0.25) is 4.79 Å². The first-order valence-electron chi connectivity index (χ1n) is 7.35. The molecule has 0 spiro atoms. The number of ether oxygens (including phenoxy) is 2. The van der Waals surface area contributed by atoms with Gasteiger partial charge in [0.05, 0.1) is 18.4 Å². The highest BCUT2D eigenvalue weighted by atomic mass is 16.5. The third kappa shape index (κ3) is 3.86. The fourth-order valence-electron chi connectivity index (χ4n) is 2.10. The first-order chi connectivity index (χ1) is 12.2. The van der Waals surface area contributed by atoms with Crippen LogP contribution in [-0.2, 0) is 4.74 Å². The summed E-state index contributed by atoms with van der Waals surface area (Å²) in [5.41, 5.74) is 1.48. The summed E-state index contributed by atoms with van der Waals surface area (Å²) >= 11 is 0. The van der Waals surface area contributed by atoms with E-state index in [4.69, 9.17) is 9.47 Å². The number of ketones is 1. The maximum Gasteiger partial charge on any atom is 0.338 e. The summed E-state index contributed by atoms with van der Waals surface area (Å²) < 4.78 is 11.6. The number of tetrazole rings is 1. The Kier molecular flexibility index (Phi) is 4.79. The SMILES string of the molecule is COc1ccc(C(=O)COC(=O)c2ccc(-n3cnnn3)cc2)cc1. The van der Waals surface area contributed by atoms with Gasteiger partial charge in [0.1, 0.15) is 12.1 Å². The predicted molar refractivity (Wildman–Crippen MR) is 86.8 cm³/mol. The lowest BCUT2D eigenvalue weighted by Crippen LogP contribution is -2.14. The van der Waals surface area contributed by atoms with Crippen molar-refractivity contribution < 1.29 is 19.1 Å². The highest BCUT2D eigenvalue weighted by molar-refractivity contribution is 5.99. The minimum Gasteiger partial charge on any atom is -0.497 e. The van der Waals surface area contributed by atoms with E-state index in [9.17, 15) is 9.59 Å². The van der Waals surface area contributed by atoms with Gasteiger partial charge >= 0.3 is 5.97 Å². The van der Waals surface area contributed by atoms with Gasteiger partial charge < -0.3 is 9.47 Å². The fourth-order valence-corrected chi connectivity index (χ4v) is 2.10. The molecule has 3 aromatic rings. The van der Waals surface area contributed by atoms with E-state index in [1.165, 1.54) is 11.0 Å². The van der Waals surface area contributed by atoms with Crippen molar-refractivity contribution in [1.82, 2.24) is 20.2 Å². The molecule has 1 aromatic heterocycles. The molecule has 0 aliphatic carbocycles. The van der Waals surface area contributed by atoms with Crippen LogP contribution in [0, 0.1) is 0 Å². The molecule has 8 nitrogen and oxygen atoms in total. The highest BCUT2D eigenvalue weighted by Crippen LogP contribution is 2.13. The molecule has 0 radical (unpaired) electrons. The number of nitrogens with zero attached hydrogens (tertiary/aromatic N) is 4. The van der Waals surface area contributed by atoms with E-state index in [-0.39, 0.29) is 12.4 Å². The number of rotatable bonds is 6. The zero-order valence-corrected chi connectivity index (χ0v) is 13.3. The molecule has 0 fully saturated rings. The van der Waals surface area contributed by atoms with Crippen LogP contribution >= 0.6 is 0 Å². The molecule has 0 saturated heterocycles. The number of hydrogen-bond acceptors (Lipinski definition) is 7. The van der Waals surface area contributed by atoms with E-state index >= 15 is 0 Å². The number of benzene rings is 2. The lowest BCUT2D eigenvalue weighted by molar-refractivity contribution is 0.0474. The Morgan fingerprint density at radius 2 is 1.68 bits per heavy atom. The van der Waals surface area contributed by atoms with E-state index in [2.05, 4.69) is 15.5 Å². The lowest BCUT2D eigenvalue weighted by atomic mass is 10.1. The molecule has 0 aliphatic heterocycles. The van der Waals surface area contributed by atoms with Crippen molar-refractivity contribution in [2.75, 3.05) is 13.7 Å². The van der Waals surface area contributed by atoms with Gasteiger partial charge in [-0.2, -0.15) is 0 Å². The molecule has 0 aliphatic rings. The van der Waals surface area contributed by atoms with Crippen LogP contribution < -0.4 is 4.74 Å². The summed E-state index contributed by atoms with van der Waals surface area (Å²) in [5.74, 6) is -0.220. The molecule has 25 heavy (non-hydrogen) atoms. The second-order valence-electron chi connectivity index (χ2n) is 5.03. The van der Waals surface area contributed by atoms with Crippen LogP contribution in [0.25, 0.3) is 5.69 Å². The molecular weight excluding hydrogens is 324 g/mol. The average molecular weight is 338 g/mol. The van der Waals surface area contributed by atoms with Crippen molar-refractivity contribution in [2.24, 2.45) is 0 Å². The van der Waals surface area contributed by atoms with E-state index in [1.807, 2.05) is 0 Å². The molecule has 0 atom stereocenters. The minimum atomic E-state index is -0.579. The fraction of sp³-hybridized carbons (Fsp3) is 0.118. The van der Waals surface area contributed by atoms with E-state index in [1.54, 1.807) is 55.6 Å². The molecule has 0 N–H and O–H groups in total. The number of hydrogen-bond donors (Lipinski definition) is 0. The number of carbonyl (C=O) groups is 2. The Morgan fingerprint density at radius 1 is 1.00 bits per heavy atom. The van der Waals surface area contributed by atoms with E-state index in [0.29, 0.717) is 22.6 Å². The standard InChI is InChI=1S/C17H14N4O4/c1-24-15-8-4-12(5-9-15)16(22)10-25-17(23)13-2-6-14(7-3-13)21-11-18-19-20-21/h2-9,11H,10H2,1H3. The summed E-state index contributed by atoms with van der Waals surface area (Å²) in [6.45, 7) is -0.333. The summed E-state index contributed by atoms with van der Waals surface area (Å²) in [6.07, 6.45) is 1.45. The van der Waals surface area contributed by atoms with Crippen LogP contribution in [0.2, 0.25) is 0 Å². The van der Waals surface area contributed by atoms with Gasteiger partial charge in [-0.1, -0.05) is 0 Å². The van der Waals surface area contributed by atoms with Crippen LogP contribution in [0.4, 0.5) is 0 Å². The third-order valence-corrected chi connectivity index (χ3v) is 3.46. The molecule has 8 heteroatoms. The van der Waals surface area contributed by atoms with Crippen LogP contribution in [0.15, 0.2) is 54.9 Å². The summed E-state index contributed by atoms with van der Waals surface area (Å²) in [5, 5.41) is 10.8. The van der Waals surface area contributed by atoms with E-state index in [0.717, 1.165) is 0 Å². The normalized spacial score (nSPS) is 10.3.